The van der Waals surface area contributed by atoms with Crippen LogP contribution in [0, 0.1) is 0 Å². The molecule has 27 heavy (non-hydrogen) atoms. The molecule has 6 heteroatoms. The molecule has 0 unspecified atom stereocenters. The van der Waals surface area contributed by atoms with Crippen LogP contribution >= 0.6 is 0 Å². The van der Waals surface area contributed by atoms with Crippen LogP contribution in [0.4, 0.5) is 10.5 Å². The molecule has 0 bridgehead atoms. The molecule has 6 nitrogen and oxygen atoms in total. The zero-order valence-electron chi connectivity index (χ0n) is 15.0. The highest BCUT2D eigenvalue weighted by Gasteiger charge is 2.21. The molecule has 0 atom stereocenters. The molecule has 4 rings (SSSR count). The highest BCUT2D eigenvalue weighted by atomic mass is 16.2. The second-order valence-electron chi connectivity index (χ2n) is 6.85. The molecule has 1 aliphatic rings. The largest absolute Gasteiger partial charge is 0.332 e. The summed E-state index contributed by atoms with van der Waals surface area (Å²) in [7, 11) is 0. The predicted octanol–water partition coefficient (Wildman–Crippen LogP) is 3.83. The Bertz CT molecular complexity index is 1010. The molecule has 1 heterocycles. The minimum absolute atomic E-state index is 0.0463. The van der Waals surface area contributed by atoms with Crippen LogP contribution in [-0.2, 0) is 6.54 Å². The summed E-state index contributed by atoms with van der Waals surface area (Å²) in [4.78, 5) is 25.1. The second kappa shape index (κ2) is 7.61. The molecule has 0 aliphatic heterocycles. The molecule has 2 aromatic carbocycles. The Labute approximate surface area is 157 Å². The summed E-state index contributed by atoms with van der Waals surface area (Å²) in [6.45, 7) is 0.256. The molecule has 1 fully saturated rings. The van der Waals surface area contributed by atoms with Gasteiger partial charge in [-0.3, -0.25) is 4.79 Å². The number of nitrogens with one attached hydrogen (secondary N) is 2. The van der Waals surface area contributed by atoms with E-state index in [2.05, 4.69) is 15.7 Å². The van der Waals surface area contributed by atoms with Gasteiger partial charge in [0, 0.05) is 11.1 Å². The first-order valence-corrected chi connectivity index (χ1v) is 9.33. The van der Waals surface area contributed by atoms with E-state index >= 15 is 0 Å². The van der Waals surface area contributed by atoms with Crippen molar-refractivity contribution in [1.82, 2.24) is 15.1 Å². The first kappa shape index (κ1) is 17.3. The van der Waals surface area contributed by atoms with Gasteiger partial charge in [0.15, 0.2) is 0 Å². The molecule has 2 N–H and O–H groups in total. The van der Waals surface area contributed by atoms with Crippen molar-refractivity contribution >= 4 is 22.5 Å². The van der Waals surface area contributed by atoms with Crippen LogP contribution in [-0.4, -0.2) is 15.8 Å². The zero-order valence-corrected chi connectivity index (χ0v) is 15.0. The number of aromatic nitrogens is 2. The molecule has 0 spiro atoms. The molecule has 2 amide bonds. The molecule has 0 saturated heterocycles. The number of hydrogen-bond acceptors (Lipinski definition) is 3. The molecule has 1 aromatic heterocycles. The van der Waals surface area contributed by atoms with Crippen molar-refractivity contribution in [2.75, 3.05) is 5.32 Å². The fourth-order valence-electron chi connectivity index (χ4n) is 3.66. The SMILES string of the molecule is O=C(NCc1nn(C2CCCC2)c(=O)c2ccccc12)Nc1ccccc1. The molecular formula is C21H22N4O2. The summed E-state index contributed by atoms with van der Waals surface area (Å²) in [6.07, 6.45) is 4.20. The number of carbonyl (C=O) groups excluding carboxylic acids is 1. The maximum absolute atomic E-state index is 12.8. The predicted molar refractivity (Wildman–Crippen MR) is 106 cm³/mol. The first-order valence-electron chi connectivity index (χ1n) is 9.33. The average Bonchev–Trinajstić information content (AvgIpc) is 3.23. The maximum atomic E-state index is 12.8. The lowest BCUT2D eigenvalue weighted by Crippen LogP contribution is -2.32. The van der Waals surface area contributed by atoms with Crippen molar-refractivity contribution in [1.29, 1.82) is 0 Å². The number of para-hydroxylation sites is 1. The number of anilines is 1. The van der Waals surface area contributed by atoms with Gasteiger partial charge in [0.2, 0.25) is 0 Å². The molecule has 3 aromatic rings. The number of benzene rings is 2. The van der Waals surface area contributed by atoms with Crippen molar-refractivity contribution in [2.24, 2.45) is 0 Å². The Balaban J connectivity index is 1.59. The van der Waals surface area contributed by atoms with E-state index in [1.54, 1.807) is 4.68 Å². The van der Waals surface area contributed by atoms with Gasteiger partial charge >= 0.3 is 6.03 Å². The molecule has 0 radical (unpaired) electrons. The average molecular weight is 362 g/mol. The first-order chi connectivity index (χ1) is 13.2. The number of hydrogen-bond donors (Lipinski definition) is 2. The van der Waals surface area contributed by atoms with Crippen LogP contribution in [0.5, 0.6) is 0 Å². The smallest absolute Gasteiger partial charge is 0.319 e. The van der Waals surface area contributed by atoms with Crippen molar-refractivity contribution in [3.8, 4) is 0 Å². The van der Waals surface area contributed by atoms with Gasteiger partial charge in [-0.2, -0.15) is 5.10 Å². The monoisotopic (exact) mass is 362 g/mol. The highest BCUT2D eigenvalue weighted by Crippen LogP contribution is 2.28. The van der Waals surface area contributed by atoms with Crippen molar-refractivity contribution in [2.45, 2.75) is 38.3 Å². The Kier molecular flexibility index (Phi) is 4.87. The van der Waals surface area contributed by atoms with Crippen LogP contribution in [0.3, 0.4) is 0 Å². The summed E-state index contributed by atoms with van der Waals surface area (Å²) in [5.74, 6) is 0. The third-order valence-corrected chi connectivity index (χ3v) is 5.02. The van der Waals surface area contributed by atoms with E-state index < -0.39 is 0 Å². The summed E-state index contributed by atoms with van der Waals surface area (Å²) in [5.41, 5.74) is 1.39. The summed E-state index contributed by atoms with van der Waals surface area (Å²) in [6, 6.07) is 16.6. The van der Waals surface area contributed by atoms with Crippen LogP contribution < -0.4 is 16.2 Å². The number of carbonyl (C=O) groups is 1. The number of amides is 2. The van der Waals surface area contributed by atoms with Crippen molar-refractivity contribution in [3.05, 3.63) is 70.6 Å². The fraction of sp³-hybridized carbons (Fsp3) is 0.286. The minimum atomic E-state index is -0.300. The minimum Gasteiger partial charge on any atom is -0.332 e. The second-order valence-corrected chi connectivity index (χ2v) is 6.85. The van der Waals surface area contributed by atoms with Gasteiger partial charge in [-0.1, -0.05) is 49.2 Å². The Morgan fingerprint density at radius 2 is 1.67 bits per heavy atom. The third kappa shape index (κ3) is 3.69. The number of fused-ring (bicyclic) bond motifs is 1. The van der Waals surface area contributed by atoms with Gasteiger partial charge in [-0.05, 0) is 31.0 Å². The van der Waals surface area contributed by atoms with E-state index in [0.717, 1.165) is 36.8 Å². The standard InChI is InChI=1S/C21H22N4O2/c26-20-18-13-7-6-12-17(18)19(24-25(20)16-10-4-5-11-16)14-22-21(27)23-15-8-2-1-3-9-15/h1-3,6-9,12-13,16H,4-5,10-11,14H2,(H2,22,23,27). The van der Waals surface area contributed by atoms with Gasteiger partial charge in [0.05, 0.1) is 23.7 Å². The topological polar surface area (TPSA) is 76.0 Å². The highest BCUT2D eigenvalue weighted by molar-refractivity contribution is 5.89. The lowest BCUT2D eigenvalue weighted by Gasteiger charge is -2.16. The van der Waals surface area contributed by atoms with Crippen molar-refractivity contribution < 1.29 is 4.79 Å². The number of urea groups is 1. The van der Waals surface area contributed by atoms with Crippen LogP contribution in [0.2, 0.25) is 0 Å². The molecule has 138 valence electrons. The normalized spacial score (nSPS) is 14.4. The van der Waals surface area contributed by atoms with Crippen LogP contribution in [0.1, 0.15) is 37.4 Å². The van der Waals surface area contributed by atoms with E-state index in [9.17, 15) is 9.59 Å². The Morgan fingerprint density at radius 1 is 1.00 bits per heavy atom. The third-order valence-electron chi connectivity index (χ3n) is 5.02. The van der Waals surface area contributed by atoms with E-state index in [-0.39, 0.29) is 24.2 Å². The number of nitrogens with zero attached hydrogens (tertiary/aromatic N) is 2. The van der Waals surface area contributed by atoms with Gasteiger partial charge in [-0.25, -0.2) is 9.48 Å². The van der Waals surface area contributed by atoms with E-state index in [4.69, 9.17) is 0 Å². The van der Waals surface area contributed by atoms with Crippen LogP contribution in [0.15, 0.2) is 59.4 Å². The molecule has 1 aliphatic carbocycles. The Hall–Kier alpha value is -3.15. The lowest BCUT2D eigenvalue weighted by molar-refractivity contribution is 0.251. The molecular weight excluding hydrogens is 340 g/mol. The van der Waals surface area contributed by atoms with Crippen molar-refractivity contribution in [3.63, 3.8) is 0 Å². The lowest BCUT2D eigenvalue weighted by atomic mass is 10.1. The Morgan fingerprint density at radius 3 is 2.41 bits per heavy atom. The van der Waals surface area contributed by atoms with Gasteiger partial charge < -0.3 is 10.6 Å². The van der Waals surface area contributed by atoms with Gasteiger partial charge in [0.25, 0.3) is 5.56 Å². The van der Waals surface area contributed by atoms with E-state index in [0.29, 0.717) is 11.1 Å². The maximum Gasteiger partial charge on any atom is 0.319 e. The van der Waals surface area contributed by atoms with E-state index in [1.165, 1.54) is 0 Å². The van der Waals surface area contributed by atoms with E-state index in [1.807, 2.05) is 54.6 Å². The fourth-order valence-corrected chi connectivity index (χ4v) is 3.66. The van der Waals surface area contributed by atoms with Crippen LogP contribution in [0.25, 0.3) is 10.8 Å². The van der Waals surface area contributed by atoms with Gasteiger partial charge in [0.1, 0.15) is 0 Å². The zero-order chi connectivity index (χ0) is 18.6. The molecule has 1 saturated carbocycles. The van der Waals surface area contributed by atoms with Gasteiger partial charge in [-0.15, -0.1) is 0 Å². The number of rotatable bonds is 4. The summed E-state index contributed by atoms with van der Waals surface area (Å²) in [5, 5.41) is 11.7. The summed E-state index contributed by atoms with van der Waals surface area (Å²) >= 11 is 0. The quantitative estimate of drug-likeness (QED) is 0.740. The summed E-state index contributed by atoms with van der Waals surface area (Å²) < 4.78 is 1.63.